The Bertz CT molecular complexity index is 1120. The van der Waals surface area contributed by atoms with Gasteiger partial charge in [-0.05, 0) is 30.5 Å². The molecule has 2 aliphatic rings. The predicted octanol–water partition coefficient (Wildman–Crippen LogP) is 7.17. The summed E-state index contributed by atoms with van der Waals surface area (Å²) in [5.74, 6) is 0. The van der Waals surface area contributed by atoms with E-state index in [4.69, 9.17) is 18.2 Å². The zero-order valence-electron chi connectivity index (χ0n) is 18.0. The molecule has 150 valence electrons. The van der Waals surface area contributed by atoms with E-state index in [0.717, 1.165) is 23.2 Å². The highest BCUT2D eigenvalue weighted by atomic mass is 35.5. The van der Waals surface area contributed by atoms with Crippen LogP contribution < -0.4 is 0 Å². The number of hydrogen-bond donors (Lipinski definition) is 1. The fraction of sp³-hybridized carbons (Fsp3) is 0.423. The molecule has 1 aromatic carbocycles. The highest BCUT2D eigenvalue weighted by molar-refractivity contribution is 6.22. The molecule has 3 heteroatoms. The first kappa shape index (κ1) is 20.0. The molecule has 0 amide bonds. The second kappa shape index (κ2) is 6.13. The summed E-state index contributed by atoms with van der Waals surface area (Å²) in [7, 11) is 0. The molecule has 0 saturated carbocycles. The number of aromatic nitrogens is 1. The summed E-state index contributed by atoms with van der Waals surface area (Å²) < 4.78 is 0. The largest absolute Gasteiger partial charge is 0.357 e. The molecule has 1 N–H and O–H groups in total. The van der Waals surface area contributed by atoms with Crippen LogP contribution in [0.1, 0.15) is 57.9 Å². The number of hydrogen-bond acceptors (Lipinski definition) is 0. The number of alkyl halides is 1. The van der Waals surface area contributed by atoms with Crippen molar-refractivity contribution in [1.29, 1.82) is 0 Å². The second-order valence-electron chi connectivity index (χ2n) is 9.82. The number of aromatic amines is 1. The van der Waals surface area contributed by atoms with Crippen LogP contribution in [0.5, 0.6) is 0 Å². The number of nitrogens with zero attached hydrogens (tertiary/aromatic N) is 1. The molecule has 1 aromatic heterocycles. The van der Waals surface area contributed by atoms with Crippen LogP contribution in [0, 0.1) is 12.0 Å². The van der Waals surface area contributed by atoms with E-state index >= 15 is 0 Å². The minimum atomic E-state index is -0.482. The average molecular weight is 405 g/mol. The molecule has 2 aliphatic carbocycles. The Labute approximate surface area is 179 Å². The molecule has 1 heterocycles. The Morgan fingerprint density at radius 1 is 1.28 bits per heavy atom. The molecular weight excluding hydrogens is 376 g/mol. The number of halogens is 1. The van der Waals surface area contributed by atoms with Crippen LogP contribution in [0.25, 0.3) is 21.3 Å². The third-order valence-electron chi connectivity index (χ3n) is 7.49. The van der Waals surface area contributed by atoms with Gasteiger partial charge in [0, 0.05) is 38.6 Å². The first-order valence-corrected chi connectivity index (χ1v) is 10.7. The first-order valence-electron chi connectivity index (χ1n) is 10.2. The molecule has 0 saturated heterocycles. The first-order chi connectivity index (χ1) is 13.5. The Hall–Kier alpha value is -2.24. The maximum absolute atomic E-state index is 8.15. The molecule has 0 bridgehead atoms. The van der Waals surface area contributed by atoms with E-state index in [1.54, 1.807) is 0 Å². The summed E-state index contributed by atoms with van der Waals surface area (Å²) in [6.07, 6.45) is 4.64. The van der Waals surface area contributed by atoms with E-state index in [2.05, 4.69) is 75.8 Å². The van der Waals surface area contributed by atoms with Crippen LogP contribution in [0.15, 0.2) is 49.1 Å². The van der Waals surface area contributed by atoms with Crippen LogP contribution in [-0.4, -0.2) is 16.4 Å². The fourth-order valence-corrected chi connectivity index (χ4v) is 5.63. The van der Waals surface area contributed by atoms with Crippen LogP contribution in [0.2, 0.25) is 0 Å². The van der Waals surface area contributed by atoms with E-state index < -0.39 is 5.41 Å². The van der Waals surface area contributed by atoms with Gasteiger partial charge in [0.25, 0.3) is 6.04 Å². The quantitative estimate of drug-likeness (QED) is 0.318. The number of allylic oxidation sites excluding steroid dienone is 2. The van der Waals surface area contributed by atoms with Crippen LogP contribution in [-0.2, 0) is 10.8 Å². The van der Waals surface area contributed by atoms with E-state index in [9.17, 15) is 0 Å². The minimum absolute atomic E-state index is 0.160. The smallest absolute Gasteiger partial charge is 0.259 e. The van der Waals surface area contributed by atoms with Crippen LogP contribution in [0.3, 0.4) is 0 Å². The van der Waals surface area contributed by atoms with E-state index in [1.165, 1.54) is 22.1 Å². The lowest BCUT2D eigenvalue weighted by Crippen LogP contribution is -2.45. The molecule has 2 nitrogen and oxygen atoms in total. The predicted molar refractivity (Wildman–Crippen MR) is 124 cm³/mol. The standard InChI is InChI=1S/C26H29ClN2/c1-9-24(3,4)22-21-19-15(12-11-13-17(19)29-22)25(5,6)16-14-18(27)26(7,10-2)23(28-8)20(16)21/h9-13,18,23,29H,1-2,14H2,3-7H3/t18-,23-,26+/m1/s1. The Morgan fingerprint density at radius 2 is 1.97 bits per heavy atom. The van der Waals surface area contributed by atoms with Crippen molar-refractivity contribution < 1.29 is 0 Å². The molecule has 0 fully saturated rings. The number of benzene rings is 1. The lowest BCUT2D eigenvalue weighted by molar-refractivity contribution is 0.362. The third-order valence-corrected chi connectivity index (χ3v) is 8.12. The summed E-state index contributed by atoms with van der Waals surface area (Å²) in [5, 5.41) is 1.09. The lowest BCUT2D eigenvalue weighted by Gasteiger charge is -2.46. The average Bonchev–Trinajstić information content (AvgIpc) is 3.08. The minimum Gasteiger partial charge on any atom is -0.357 e. The van der Waals surface area contributed by atoms with E-state index in [0.29, 0.717) is 0 Å². The molecule has 2 aromatic rings. The second-order valence-corrected chi connectivity index (χ2v) is 10.3. The van der Waals surface area contributed by atoms with Gasteiger partial charge in [0.2, 0.25) is 0 Å². The Kier molecular flexibility index (Phi) is 4.24. The Balaban J connectivity index is 2.20. The molecule has 29 heavy (non-hydrogen) atoms. The number of rotatable bonds is 3. The van der Waals surface area contributed by atoms with Crippen molar-refractivity contribution in [3.05, 3.63) is 77.3 Å². The summed E-state index contributed by atoms with van der Waals surface area (Å²) in [5.41, 5.74) is 6.28. The molecule has 0 radical (unpaired) electrons. The molecule has 3 atom stereocenters. The third kappa shape index (κ3) is 2.41. The topological polar surface area (TPSA) is 20.1 Å². The van der Waals surface area contributed by atoms with Crippen molar-refractivity contribution in [1.82, 2.24) is 4.98 Å². The summed E-state index contributed by atoms with van der Waals surface area (Å²) in [6.45, 7) is 27.3. The van der Waals surface area contributed by atoms with Gasteiger partial charge < -0.3 is 9.83 Å². The van der Waals surface area contributed by atoms with Gasteiger partial charge in [-0.25, -0.2) is 6.57 Å². The van der Waals surface area contributed by atoms with E-state index in [-0.39, 0.29) is 22.2 Å². The summed E-state index contributed by atoms with van der Waals surface area (Å²) in [4.78, 5) is 7.85. The molecule has 0 unspecified atom stereocenters. The molecule has 0 spiro atoms. The molecule has 0 aliphatic heterocycles. The summed E-state index contributed by atoms with van der Waals surface area (Å²) >= 11 is 6.93. The van der Waals surface area contributed by atoms with Crippen molar-refractivity contribution in [3.8, 4) is 0 Å². The van der Waals surface area contributed by atoms with Gasteiger partial charge in [0.1, 0.15) is 0 Å². The van der Waals surface area contributed by atoms with Gasteiger partial charge in [-0.15, -0.1) is 24.8 Å². The van der Waals surface area contributed by atoms with Crippen LogP contribution >= 0.6 is 11.6 Å². The number of nitrogens with one attached hydrogen (secondary N) is 1. The maximum atomic E-state index is 8.15. The Morgan fingerprint density at radius 3 is 2.55 bits per heavy atom. The van der Waals surface area contributed by atoms with Crippen molar-refractivity contribution in [2.75, 3.05) is 0 Å². The highest BCUT2D eigenvalue weighted by Gasteiger charge is 2.55. The van der Waals surface area contributed by atoms with Gasteiger partial charge in [-0.3, -0.25) is 0 Å². The normalized spacial score (nSPS) is 28.0. The van der Waals surface area contributed by atoms with Crippen molar-refractivity contribution >= 4 is 28.1 Å². The monoisotopic (exact) mass is 404 g/mol. The van der Waals surface area contributed by atoms with E-state index in [1.807, 2.05) is 12.2 Å². The van der Waals surface area contributed by atoms with Gasteiger partial charge in [-0.2, -0.15) is 0 Å². The molecule has 4 rings (SSSR count). The maximum Gasteiger partial charge on any atom is 0.259 e. The number of fused-ring (bicyclic) bond motifs is 1. The molecular formula is C26H29ClN2. The van der Waals surface area contributed by atoms with Crippen LogP contribution in [0.4, 0.5) is 0 Å². The van der Waals surface area contributed by atoms with Gasteiger partial charge in [0.15, 0.2) is 0 Å². The van der Waals surface area contributed by atoms with Crippen molar-refractivity contribution in [3.63, 3.8) is 0 Å². The van der Waals surface area contributed by atoms with Crippen molar-refractivity contribution in [2.24, 2.45) is 5.41 Å². The summed E-state index contributed by atoms with van der Waals surface area (Å²) in [6, 6.07) is 6.12. The van der Waals surface area contributed by atoms with Gasteiger partial charge >= 0.3 is 0 Å². The zero-order valence-corrected chi connectivity index (χ0v) is 18.7. The number of H-pyrrole nitrogens is 1. The highest BCUT2D eigenvalue weighted by Crippen LogP contribution is 2.59. The SMILES string of the molecule is [C-]#[N+][C@@H]1C2=C(C[C@@H](Cl)[C@]1(C)C=C)C(C)(C)c1cccc3[nH]c(C(C)(C)C=C)c2c13. The zero-order chi connectivity index (χ0) is 21.4. The van der Waals surface area contributed by atoms with Gasteiger partial charge in [-0.1, -0.05) is 52.0 Å². The lowest BCUT2D eigenvalue weighted by atomic mass is 9.58. The fourth-order valence-electron chi connectivity index (χ4n) is 5.27. The van der Waals surface area contributed by atoms with Crippen molar-refractivity contribution in [2.45, 2.75) is 63.3 Å². The van der Waals surface area contributed by atoms with Gasteiger partial charge in [0.05, 0.1) is 10.8 Å².